The van der Waals surface area contributed by atoms with Crippen LogP contribution in [0.25, 0.3) is 6.08 Å². The molecule has 3 aromatic carbocycles. The number of carboxylic acids is 2. The lowest BCUT2D eigenvalue weighted by Gasteiger charge is -2.39. The van der Waals surface area contributed by atoms with Gasteiger partial charge < -0.3 is 19.7 Å². The van der Waals surface area contributed by atoms with Crippen molar-refractivity contribution in [1.82, 2.24) is 9.80 Å². The van der Waals surface area contributed by atoms with Gasteiger partial charge in [-0.1, -0.05) is 36.4 Å². The SMILES string of the molecule is COc1ccc(C=CCN2CCN(C(c3ccc(F)cc3)c3ccc(F)cc3)CC2)c(OC)c1.O=C(O)/C=C/C(=O)O. The molecule has 4 rings (SSSR count). The first-order valence-corrected chi connectivity index (χ1v) is 13.2. The molecule has 10 heteroatoms. The summed E-state index contributed by atoms with van der Waals surface area (Å²) >= 11 is 0. The molecule has 3 aromatic rings. The Hall–Kier alpha value is -4.54. The monoisotopic (exact) mass is 580 g/mol. The smallest absolute Gasteiger partial charge is 0.328 e. The first-order chi connectivity index (χ1) is 20.2. The summed E-state index contributed by atoms with van der Waals surface area (Å²) in [6.45, 7) is 4.37. The Kier molecular flexibility index (Phi) is 12.2. The molecule has 2 N–H and O–H groups in total. The van der Waals surface area contributed by atoms with E-state index >= 15 is 0 Å². The van der Waals surface area contributed by atoms with Crippen molar-refractivity contribution in [3.8, 4) is 11.5 Å². The number of hydrogen-bond donors (Lipinski definition) is 2. The quantitative estimate of drug-likeness (QED) is 0.319. The molecule has 222 valence electrons. The Morgan fingerprint density at radius 3 is 1.79 bits per heavy atom. The van der Waals surface area contributed by atoms with Crippen LogP contribution in [0.2, 0.25) is 0 Å². The molecule has 0 aromatic heterocycles. The number of ether oxygens (including phenoxy) is 2. The van der Waals surface area contributed by atoms with Gasteiger partial charge in [-0.2, -0.15) is 0 Å². The Morgan fingerprint density at radius 1 is 0.810 bits per heavy atom. The van der Waals surface area contributed by atoms with Crippen molar-refractivity contribution in [3.63, 3.8) is 0 Å². The van der Waals surface area contributed by atoms with Crippen LogP contribution in [0.15, 0.2) is 85.0 Å². The van der Waals surface area contributed by atoms with Gasteiger partial charge in [-0.15, -0.1) is 0 Å². The predicted molar refractivity (Wildman–Crippen MR) is 156 cm³/mol. The summed E-state index contributed by atoms with van der Waals surface area (Å²) in [5.74, 6) is -1.48. The Morgan fingerprint density at radius 2 is 1.33 bits per heavy atom. The summed E-state index contributed by atoms with van der Waals surface area (Å²) in [5, 5.41) is 15.6. The van der Waals surface area contributed by atoms with E-state index in [-0.39, 0.29) is 17.7 Å². The molecule has 1 aliphatic heterocycles. The number of piperazine rings is 1. The van der Waals surface area contributed by atoms with Gasteiger partial charge in [0.25, 0.3) is 0 Å². The molecule has 1 aliphatic rings. The first-order valence-electron chi connectivity index (χ1n) is 13.2. The maximum atomic E-state index is 13.5. The molecule has 0 bridgehead atoms. The molecule has 0 spiro atoms. The predicted octanol–water partition coefficient (Wildman–Crippen LogP) is 5.11. The molecule has 1 saturated heterocycles. The first kappa shape index (κ1) is 32.0. The van der Waals surface area contributed by atoms with E-state index in [0.29, 0.717) is 12.2 Å². The lowest BCUT2D eigenvalue weighted by atomic mass is 9.96. The van der Waals surface area contributed by atoms with Gasteiger partial charge in [0, 0.05) is 56.5 Å². The maximum Gasteiger partial charge on any atom is 0.328 e. The standard InChI is InChI=1S/C28H30F2N2O2.C4H4O4/c1-33-26-14-9-21(27(20-26)34-2)4-3-15-31-16-18-32(19-17-31)28(22-5-10-24(29)11-6-22)23-7-12-25(30)13-8-23;5-3(6)1-2-4(7)8/h3-14,20,28H,15-19H2,1-2H3;1-2H,(H,5,6)(H,7,8)/b;2-1+. The zero-order valence-corrected chi connectivity index (χ0v) is 23.5. The highest BCUT2D eigenvalue weighted by Gasteiger charge is 2.26. The number of aliphatic carboxylic acids is 2. The number of benzene rings is 3. The topological polar surface area (TPSA) is 99.5 Å². The number of hydrogen-bond acceptors (Lipinski definition) is 6. The van der Waals surface area contributed by atoms with Crippen molar-refractivity contribution >= 4 is 18.0 Å². The largest absolute Gasteiger partial charge is 0.497 e. The highest BCUT2D eigenvalue weighted by molar-refractivity contribution is 5.89. The van der Waals surface area contributed by atoms with E-state index in [1.807, 2.05) is 42.5 Å². The van der Waals surface area contributed by atoms with Crippen LogP contribution in [-0.4, -0.2) is 78.9 Å². The second kappa shape index (κ2) is 16.0. The van der Waals surface area contributed by atoms with Crippen LogP contribution < -0.4 is 9.47 Å². The minimum Gasteiger partial charge on any atom is -0.497 e. The van der Waals surface area contributed by atoms with Crippen molar-refractivity contribution in [2.24, 2.45) is 0 Å². The molecule has 0 amide bonds. The Bertz CT molecular complexity index is 1310. The van der Waals surface area contributed by atoms with Gasteiger partial charge in [-0.3, -0.25) is 9.80 Å². The average molecular weight is 581 g/mol. The van der Waals surface area contributed by atoms with E-state index in [9.17, 15) is 18.4 Å². The Labute approximate surface area is 243 Å². The number of methoxy groups -OCH3 is 2. The highest BCUT2D eigenvalue weighted by atomic mass is 19.1. The fourth-order valence-electron chi connectivity index (χ4n) is 4.54. The normalized spacial score (nSPS) is 14.1. The summed E-state index contributed by atoms with van der Waals surface area (Å²) in [7, 11) is 3.30. The van der Waals surface area contributed by atoms with Crippen LogP contribution in [-0.2, 0) is 9.59 Å². The van der Waals surface area contributed by atoms with Crippen LogP contribution >= 0.6 is 0 Å². The molecule has 0 aliphatic carbocycles. The van der Waals surface area contributed by atoms with Crippen LogP contribution in [0.5, 0.6) is 11.5 Å². The average Bonchev–Trinajstić information content (AvgIpc) is 2.99. The van der Waals surface area contributed by atoms with E-state index in [1.165, 1.54) is 24.3 Å². The van der Waals surface area contributed by atoms with E-state index < -0.39 is 11.9 Å². The number of carboxylic acid groups (broad SMARTS) is 2. The third kappa shape index (κ3) is 9.83. The minimum atomic E-state index is -1.26. The number of nitrogens with zero attached hydrogens (tertiary/aromatic N) is 2. The van der Waals surface area contributed by atoms with Gasteiger partial charge in [0.1, 0.15) is 23.1 Å². The molecule has 0 atom stereocenters. The van der Waals surface area contributed by atoms with Crippen molar-refractivity contribution < 1.29 is 38.1 Å². The second-order valence-electron chi connectivity index (χ2n) is 9.36. The van der Waals surface area contributed by atoms with Crippen molar-refractivity contribution in [3.05, 3.63) is 113 Å². The van der Waals surface area contributed by atoms with Gasteiger partial charge in [-0.25, -0.2) is 18.4 Å². The molecule has 0 saturated carbocycles. The van der Waals surface area contributed by atoms with Crippen LogP contribution in [0.3, 0.4) is 0 Å². The summed E-state index contributed by atoms with van der Waals surface area (Å²) in [5.41, 5.74) is 3.02. The molecule has 8 nitrogen and oxygen atoms in total. The van der Waals surface area contributed by atoms with E-state index in [2.05, 4.69) is 22.0 Å². The number of halogens is 2. The minimum absolute atomic E-state index is 0.0394. The third-order valence-corrected chi connectivity index (χ3v) is 6.61. The van der Waals surface area contributed by atoms with Crippen molar-refractivity contribution in [2.75, 3.05) is 46.9 Å². The van der Waals surface area contributed by atoms with Gasteiger partial charge in [-0.05, 0) is 47.5 Å². The zero-order chi connectivity index (χ0) is 30.5. The highest BCUT2D eigenvalue weighted by Crippen LogP contribution is 2.30. The van der Waals surface area contributed by atoms with Gasteiger partial charge in [0.2, 0.25) is 0 Å². The number of carbonyl (C=O) groups is 2. The van der Waals surface area contributed by atoms with Crippen LogP contribution in [0.1, 0.15) is 22.7 Å². The van der Waals surface area contributed by atoms with Gasteiger partial charge in [0.15, 0.2) is 0 Å². The molecule has 1 heterocycles. The summed E-state index contributed by atoms with van der Waals surface area (Å²) < 4.78 is 37.8. The van der Waals surface area contributed by atoms with E-state index in [4.69, 9.17) is 19.7 Å². The Balaban J connectivity index is 0.000000531. The van der Waals surface area contributed by atoms with Crippen LogP contribution in [0.4, 0.5) is 8.78 Å². The van der Waals surface area contributed by atoms with Gasteiger partial charge >= 0.3 is 11.9 Å². The van der Waals surface area contributed by atoms with Gasteiger partial charge in [0.05, 0.1) is 20.3 Å². The molecular formula is C32H34F2N2O6. The lowest BCUT2D eigenvalue weighted by Crippen LogP contribution is -2.47. The number of rotatable bonds is 10. The molecule has 0 unspecified atom stereocenters. The summed E-state index contributed by atoms with van der Waals surface area (Å²) in [6.07, 6.45) is 5.34. The summed E-state index contributed by atoms with van der Waals surface area (Å²) in [6, 6.07) is 19.0. The third-order valence-electron chi connectivity index (χ3n) is 6.61. The van der Waals surface area contributed by atoms with Crippen molar-refractivity contribution in [1.29, 1.82) is 0 Å². The fourth-order valence-corrected chi connectivity index (χ4v) is 4.54. The van der Waals surface area contributed by atoms with E-state index in [1.54, 1.807) is 14.2 Å². The fraction of sp³-hybridized carbons (Fsp3) is 0.250. The zero-order valence-electron chi connectivity index (χ0n) is 23.5. The molecular weight excluding hydrogens is 546 g/mol. The van der Waals surface area contributed by atoms with E-state index in [0.717, 1.165) is 60.9 Å². The van der Waals surface area contributed by atoms with Crippen molar-refractivity contribution in [2.45, 2.75) is 6.04 Å². The lowest BCUT2D eigenvalue weighted by molar-refractivity contribution is -0.134. The molecule has 42 heavy (non-hydrogen) atoms. The molecule has 0 radical (unpaired) electrons. The maximum absolute atomic E-state index is 13.5. The van der Waals surface area contributed by atoms with Crippen LogP contribution in [0, 0.1) is 11.6 Å². The second-order valence-corrected chi connectivity index (χ2v) is 9.36. The molecule has 1 fully saturated rings. The summed E-state index contributed by atoms with van der Waals surface area (Å²) in [4.78, 5) is 23.9.